The fourth-order valence-corrected chi connectivity index (χ4v) is 14.2. The number of alkyl halides is 6. The monoisotopic (exact) mass is 969 g/mol. The van der Waals surface area contributed by atoms with Crippen LogP contribution < -0.4 is 5.32 Å². The van der Waals surface area contributed by atoms with Crippen molar-refractivity contribution in [1.29, 1.82) is 0 Å². The highest BCUT2D eigenvalue weighted by Gasteiger charge is 2.71. The van der Waals surface area contributed by atoms with Crippen LogP contribution >= 0.6 is 0 Å². The summed E-state index contributed by atoms with van der Waals surface area (Å²) in [6.07, 6.45) is -2.51. The number of aliphatic hydroxyl groups excluding tert-OH is 1. The number of halogens is 6. The van der Waals surface area contributed by atoms with Gasteiger partial charge in [-0.1, -0.05) is 51.4 Å². The normalized spacial score (nSPS) is 45.0. The number of piperidine rings is 1. The SMILES string of the molecule is C[C@H]1[C@@H](/C(C[C@H]2O[C@@H]3OC4(C)CC[C@H]5[C@H](C)CC[C@@H]([C@H]2C)[C@@]35OO4)=N\O)O[C@@H]2OC3(C)CC[C@H]4[C@H](C)CC[C@@H]1[C@@]24OO3.O[C@@H](c1cc(C(F)(F)F)nc2c(C(F)(F)F)cccc12)[C@H]1CCCCN1. The molecule has 13 nitrogen and oxygen atoms in total. The van der Waals surface area contributed by atoms with E-state index in [4.69, 9.17) is 38.5 Å². The van der Waals surface area contributed by atoms with Gasteiger partial charge in [-0.05, 0) is 125 Å². The number of rotatable bonds is 5. The number of para-hydroxylation sites is 1. The summed E-state index contributed by atoms with van der Waals surface area (Å²) in [6, 6.07) is 3.16. The Bertz CT molecular complexity index is 2230. The number of hydrogen-bond donors (Lipinski definition) is 3. The first kappa shape index (κ1) is 48.9. The molecule has 2 aromatic rings. The van der Waals surface area contributed by atoms with Crippen LogP contribution in [0.1, 0.15) is 142 Å². The van der Waals surface area contributed by atoms with Crippen molar-refractivity contribution in [2.75, 3.05) is 6.54 Å². The molecule has 2 spiro atoms. The maximum Gasteiger partial charge on any atom is 0.433 e. The zero-order chi connectivity index (χ0) is 48.3. The molecule has 1 aromatic carbocycles. The van der Waals surface area contributed by atoms with Gasteiger partial charge in [0.2, 0.25) is 11.6 Å². The van der Waals surface area contributed by atoms with Crippen molar-refractivity contribution in [3.8, 4) is 0 Å². The number of benzene rings is 1. The summed E-state index contributed by atoms with van der Waals surface area (Å²) >= 11 is 0. The zero-order valence-corrected chi connectivity index (χ0v) is 39.4. The number of ether oxygens (including phenoxy) is 4. The first-order chi connectivity index (χ1) is 32.1. The fraction of sp³-hybridized carbons (Fsp3) is 0.796. The standard InChI is InChI=1S/C32H49NO9.C17H16F6N2O/c1-16-7-9-22-18(3)25(35-27-31(22)20(16)11-13-29(5,37-27)39-41-31)15-24(33-34)26-19(4)23-10-8-17(2)21-12-14-30(6)38-28(36-26)32(21,23)42-40-30;18-16(19,20)11-5-3-4-9-10(15(26)12-6-1-2-7-24-12)8-13(17(21,22)23)25-14(9)11/h16-23,25-28,34H,7-15H2,1-6H3;3-5,8,12,15,24,26H,1-2,6-7H2/b33-24-;/t16-,17-,18-,19-,20+,21+,22+,23+,25-,26+,27-,28-,29?,30?,31-,32-;12-,15+/m11/s1. The van der Waals surface area contributed by atoms with Gasteiger partial charge in [-0.25, -0.2) is 24.5 Å². The van der Waals surface area contributed by atoms with Gasteiger partial charge >= 0.3 is 12.4 Å². The molecule has 2 unspecified atom stereocenters. The van der Waals surface area contributed by atoms with Gasteiger partial charge < -0.3 is 34.6 Å². The lowest BCUT2D eigenvalue weighted by molar-refractivity contribution is -0.571. The second-order valence-corrected chi connectivity index (χ2v) is 21.9. The van der Waals surface area contributed by atoms with Crippen molar-refractivity contribution < 1.29 is 75.2 Å². The molecule has 11 aliphatic rings. The van der Waals surface area contributed by atoms with E-state index in [1.807, 2.05) is 13.8 Å². The Kier molecular flexibility index (Phi) is 12.6. The molecule has 0 radical (unpaired) electrons. The van der Waals surface area contributed by atoms with E-state index in [1.54, 1.807) is 0 Å². The Morgan fingerprint density at radius 3 is 1.93 bits per heavy atom. The number of nitrogens with zero attached hydrogens (tertiary/aromatic N) is 2. The van der Waals surface area contributed by atoms with Gasteiger partial charge in [-0.3, -0.25) is 0 Å². The maximum atomic E-state index is 13.2. The molecule has 378 valence electrons. The summed E-state index contributed by atoms with van der Waals surface area (Å²) in [4.78, 5) is 27.9. The lowest BCUT2D eigenvalue weighted by atomic mass is 9.56. The van der Waals surface area contributed by atoms with Crippen molar-refractivity contribution in [3.63, 3.8) is 0 Å². The number of aliphatic hydroxyl groups is 1. The minimum Gasteiger partial charge on any atom is -0.411 e. The van der Waals surface area contributed by atoms with Crippen molar-refractivity contribution >= 4 is 16.6 Å². The third-order valence-corrected chi connectivity index (χ3v) is 17.8. The summed E-state index contributed by atoms with van der Waals surface area (Å²) in [5, 5.41) is 27.9. The van der Waals surface area contributed by atoms with Gasteiger partial charge in [0.1, 0.15) is 11.8 Å². The molecular weight excluding hydrogens is 905 g/mol. The Balaban J connectivity index is 0.000000179. The topological polar surface area (TPSA) is 152 Å². The van der Waals surface area contributed by atoms with Crippen LogP contribution in [0.15, 0.2) is 29.4 Å². The quantitative estimate of drug-likeness (QED) is 0.0860. The minimum atomic E-state index is -4.93. The van der Waals surface area contributed by atoms with Crippen molar-refractivity contribution in [2.45, 2.75) is 191 Å². The van der Waals surface area contributed by atoms with Gasteiger partial charge in [0.05, 0.1) is 29.0 Å². The average Bonchev–Trinajstić information content (AvgIpc) is 3.68. The highest BCUT2D eigenvalue weighted by atomic mass is 19.4. The highest BCUT2D eigenvalue weighted by Crippen LogP contribution is 2.63. The van der Waals surface area contributed by atoms with Crippen molar-refractivity contribution in [2.24, 2.45) is 52.5 Å². The molecule has 2 aliphatic carbocycles. The Hall–Kier alpha value is -2.72. The molecule has 19 heteroatoms. The summed E-state index contributed by atoms with van der Waals surface area (Å²) in [5.41, 5.74) is -4.39. The van der Waals surface area contributed by atoms with Crippen LogP contribution in [0.4, 0.5) is 26.3 Å². The molecule has 2 saturated carbocycles. The fourth-order valence-electron chi connectivity index (χ4n) is 14.2. The smallest absolute Gasteiger partial charge is 0.411 e. The zero-order valence-electron chi connectivity index (χ0n) is 39.4. The number of pyridine rings is 1. The molecule has 3 N–H and O–H groups in total. The first-order valence-electron chi connectivity index (χ1n) is 24.7. The van der Waals surface area contributed by atoms with E-state index in [0.29, 0.717) is 55.0 Å². The predicted molar refractivity (Wildman–Crippen MR) is 230 cm³/mol. The summed E-state index contributed by atoms with van der Waals surface area (Å²) in [6.45, 7) is 13.6. The number of oxime groups is 1. The molecule has 9 aliphatic heterocycles. The molecule has 18 atom stereocenters. The Morgan fingerprint density at radius 1 is 0.765 bits per heavy atom. The van der Waals surface area contributed by atoms with Crippen LogP contribution in [0, 0.1) is 47.3 Å². The van der Waals surface area contributed by atoms with Gasteiger partial charge in [-0.2, -0.15) is 26.3 Å². The lowest BCUT2D eigenvalue weighted by Crippen LogP contribution is -2.71. The molecule has 0 amide bonds. The molecule has 13 rings (SSSR count). The molecule has 10 heterocycles. The molecule has 1 aromatic heterocycles. The largest absolute Gasteiger partial charge is 0.433 e. The summed E-state index contributed by atoms with van der Waals surface area (Å²) in [7, 11) is 0. The molecule has 68 heavy (non-hydrogen) atoms. The van der Waals surface area contributed by atoms with Crippen LogP contribution in [-0.2, 0) is 50.9 Å². The van der Waals surface area contributed by atoms with Gasteiger partial charge in [0.25, 0.3) is 0 Å². The second-order valence-electron chi connectivity index (χ2n) is 21.9. The van der Waals surface area contributed by atoms with E-state index in [-0.39, 0.29) is 46.6 Å². The maximum absolute atomic E-state index is 13.2. The molecule has 9 saturated heterocycles. The number of fused-ring (bicyclic) bond motifs is 5. The van der Waals surface area contributed by atoms with Gasteiger partial charge in [0.15, 0.2) is 23.8 Å². The molecule has 4 bridgehead atoms. The highest BCUT2D eigenvalue weighted by molar-refractivity contribution is 5.89. The number of aromatic nitrogens is 1. The van der Waals surface area contributed by atoms with Crippen LogP contribution in [0.3, 0.4) is 0 Å². The Morgan fingerprint density at radius 2 is 1.37 bits per heavy atom. The summed E-state index contributed by atoms with van der Waals surface area (Å²) < 4.78 is 106. The van der Waals surface area contributed by atoms with E-state index in [1.165, 1.54) is 6.07 Å². The predicted octanol–water partition coefficient (Wildman–Crippen LogP) is 10.2. The van der Waals surface area contributed by atoms with Crippen LogP contribution in [0.2, 0.25) is 0 Å². The molecule has 11 fully saturated rings. The second kappa shape index (κ2) is 17.5. The van der Waals surface area contributed by atoms with E-state index in [9.17, 15) is 36.7 Å². The van der Waals surface area contributed by atoms with Gasteiger partial charge in [-0.15, -0.1) is 0 Å². The van der Waals surface area contributed by atoms with Crippen LogP contribution in [-0.4, -0.2) is 81.2 Å². The lowest BCUT2D eigenvalue weighted by Gasteiger charge is -2.61. The van der Waals surface area contributed by atoms with Crippen molar-refractivity contribution in [3.05, 3.63) is 41.1 Å². The number of nitrogens with one attached hydrogen (secondary N) is 1. The number of hydrogen-bond acceptors (Lipinski definition) is 13. The van der Waals surface area contributed by atoms with Crippen LogP contribution in [0.25, 0.3) is 10.9 Å². The van der Waals surface area contributed by atoms with E-state index in [0.717, 1.165) is 70.3 Å². The van der Waals surface area contributed by atoms with Crippen molar-refractivity contribution in [1.82, 2.24) is 10.3 Å². The van der Waals surface area contributed by atoms with E-state index >= 15 is 0 Å². The Labute approximate surface area is 392 Å². The third kappa shape index (κ3) is 7.99. The molecular formula is C49H65F6N3O10. The van der Waals surface area contributed by atoms with Gasteiger partial charge in [0, 0.05) is 42.5 Å². The van der Waals surface area contributed by atoms with Crippen LogP contribution in [0.5, 0.6) is 0 Å². The first-order valence-corrected chi connectivity index (χ1v) is 24.7. The minimum absolute atomic E-state index is 0.0442. The van der Waals surface area contributed by atoms with E-state index < -0.39 is 82.7 Å². The third-order valence-electron chi connectivity index (χ3n) is 17.8. The summed E-state index contributed by atoms with van der Waals surface area (Å²) in [5.74, 6) is 0.478. The van der Waals surface area contributed by atoms with E-state index in [2.05, 4.69) is 43.2 Å². The average molecular weight is 970 g/mol.